The first kappa shape index (κ1) is 26.0. The highest BCUT2D eigenvalue weighted by Crippen LogP contribution is 2.42. The second-order valence-electron chi connectivity index (χ2n) is 11.4. The molecule has 0 aliphatic carbocycles. The topological polar surface area (TPSA) is 76.1 Å². The minimum Gasteiger partial charge on any atom is -0.480 e. The summed E-state index contributed by atoms with van der Waals surface area (Å²) in [4.78, 5) is 26.5. The van der Waals surface area contributed by atoms with Crippen LogP contribution in [0, 0.1) is 0 Å². The number of hydrogen-bond acceptors (Lipinski definition) is 4. The molecule has 0 spiro atoms. The van der Waals surface area contributed by atoms with Gasteiger partial charge in [0.25, 0.3) is 8.32 Å². The molecule has 3 rings (SSSR count). The van der Waals surface area contributed by atoms with E-state index in [1.807, 2.05) is 43.3 Å². The quantitative estimate of drug-likeness (QED) is 0.638. The van der Waals surface area contributed by atoms with Gasteiger partial charge in [-0.1, -0.05) is 81.4 Å². The highest BCUT2D eigenvalue weighted by molar-refractivity contribution is 6.99. The second kappa shape index (κ2) is 9.19. The van der Waals surface area contributed by atoms with E-state index in [-0.39, 0.29) is 18.0 Å². The Morgan fingerprint density at radius 1 is 0.941 bits per heavy atom. The lowest BCUT2D eigenvalue weighted by molar-refractivity contribution is -0.142. The maximum Gasteiger partial charge on any atom is 0.411 e. The molecule has 0 radical (unpaired) electrons. The lowest BCUT2D eigenvalue weighted by Crippen LogP contribution is -2.69. The summed E-state index contributed by atoms with van der Waals surface area (Å²) in [5.74, 6) is -1.05. The molecule has 1 aliphatic heterocycles. The van der Waals surface area contributed by atoms with Crippen LogP contribution >= 0.6 is 0 Å². The number of amides is 1. The number of benzene rings is 2. The Kier molecular flexibility index (Phi) is 7.02. The van der Waals surface area contributed by atoms with Crippen LogP contribution in [0.25, 0.3) is 0 Å². The van der Waals surface area contributed by atoms with E-state index in [9.17, 15) is 14.7 Å². The highest BCUT2D eigenvalue weighted by Gasteiger charge is 2.57. The molecule has 7 heteroatoms. The van der Waals surface area contributed by atoms with Crippen molar-refractivity contribution in [3.05, 3.63) is 60.7 Å². The van der Waals surface area contributed by atoms with Crippen LogP contribution in [0.3, 0.4) is 0 Å². The SMILES string of the molecule is CC(C)(C)OC(=O)N1C[C@@](C)(O[Si](c2ccccc2)(c2ccccc2)C(C)(C)C)C[C@H]1C(=O)O. The van der Waals surface area contributed by atoms with E-state index in [0.29, 0.717) is 0 Å². The fourth-order valence-corrected chi connectivity index (χ4v) is 9.70. The zero-order valence-electron chi connectivity index (χ0n) is 21.3. The van der Waals surface area contributed by atoms with E-state index >= 15 is 0 Å². The van der Waals surface area contributed by atoms with Gasteiger partial charge < -0.3 is 14.3 Å². The van der Waals surface area contributed by atoms with Crippen LogP contribution in [0.1, 0.15) is 54.9 Å². The van der Waals surface area contributed by atoms with Crippen molar-refractivity contribution in [2.45, 2.75) is 77.2 Å². The minimum atomic E-state index is -2.93. The number of likely N-dealkylation sites (tertiary alicyclic amines) is 1. The van der Waals surface area contributed by atoms with Gasteiger partial charge in [0, 0.05) is 6.42 Å². The van der Waals surface area contributed by atoms with Crippen molar-refractivity contribution in [2.75, 3.05) is 6.54 Å². The summed E-state index contributed by atoms with van der Waals surface area (Å²) in [5, 5.41) is 11.9. The fraction of sp³-hybridized carbons (Fsp3) is 0.481. The largest absolute Gasteiger partial charge is 0.480 e. The molecule has 0 saturated carbocycles. The van der Waals surface area contributed by atoms with Crippen molar-refractivity contribution in [2.24, 2.45) is 0 Å². The number of hydrogen-bond donors (Lipinski definition) is 1. The summed E-state index contributed by atoms with van der Waals surface area (Å²) in [6.45, 7) is 13.9. The molecule has 0 bridgehead atoms. The van der Waals surface area contributed by atoms with E-state index in [0.717, 1.165) is 10.4 Å². The number of aliphatic carboxylic acids is 1. The molecule has 1 fully saturated rings. The molecule has 2 aromatic carbocycles. The van der Waals surface area contributed by atoms with E-state index in [2.05, 4.69) is 45.0 Å². The zero-order chi connectivity index (χ0) is 25.4. The average Bonchev–Trinajstić information content (AvgIpc) is 3.09. The number of nitrogens with zero attached hydrogens (tertiary/aromatic N) is 1. The summed E-state index contributed by atoms with van der Waals surface area (Å²) in [6, 6.07) is 19.4. The molecule has 0 unspecified atom stereocenters. The standard InChI is InChI=1S/C27H37NO5Si/c1-25(2,3)32-24(31)28-19-27(7,18-22(28)23(29)30)33-34(26(4,5)6,20-14-10-8-11-15-20)21-16-12-9-13-17-21/h8-17,22H,18-19H2,1-7H3,(H,29,30)/t22-,27-/m0/s1. The van der Waals surface area contributed by atoms with Crippen molar-refractivity contribution in [3.8, 4) is 0 Å². The Morgan fingerprint density at radius 3 is 1.79 bits per heavy atom. The minimum absolute atomic E-state index is 0.142. The monoisotopic (exact) mass is 483 g/mol. The predicted molar refractivity (Wildman–Crippen MR) is 136 cm³/mol. The molecular weight excluding hydrogens is 446 g/mol. The lowest BCUT2D eigenvalue weighted by atomic mass is 10.0. The lowest BCUT2D eigenvalue weighted by Gasteiger charge is -2.47. The van der Waals surface area contributed by atoms with E-state index in [4.69, 9.17) is 9.16 Å². The van der Waals surface area contributed by atoms with Gasteiger partial charge >= 0.3 is 12.1 Å². The molecule has 2 atom stereocenters. The highest BCUT2D eigenvalue weighted by atomic mass is 28.4. The Morgan fingerprint density at radius 2 is 1.41 bits per heavy atom. The van der Waals surface area contributed by atoms with Gasteiger partial charge in [0.15, 0.2) is 0 Å². The molecule has 2 aromatic rings. The van der Waals surface area contributed by atoms with Gasteiger partial charge in [0.05, 0.1) is 12.1 Å². The van der Waals surface area contributed by atoms with Gasteiger partial charge in [0.2, 0.25) is 0 Å². The van der Waals surface area contributed by atoms with Gasteiger partial charge in [-0.25, -0.2) is 9.59 Å². The number of rotatable bonds is 5. The third-order valence-corrected chi connectivity index (χ3v) is 11.4. The molecule has 34 heavy (non-hydrogen) atoms. The first-order chi connectivity index (χ1) is 15.7. The number of carbonyl (C=O) groups excluding carboxylic acids is 1. The summed E-state index contributed by atoms with van der Waals surface area (Å²) >= 11 is 0. The van der Waals surface area contributed by atoms with Crippen LogP contribution in [0.4, 0.5) is 4.79 Å². The van der Waals surface area contributed by atoms with Crippen LogP contribution in [0.5, 0.6) is 0 Å². The number of carboxylic acids is 1. The molecule has 1 aliphatic rings. The molecule has 1 saturated heterocycles. The Balaban J connectivity index is 2.11. The summed E-state index contributed by atoms with van der Waals surface area (Å²) in [6.07, 6.45) is -0.443. The van der Waals surface area contributed by atoms with E-state index in [1.165, 1.54) is 4.90 Å². The first-order valence-electron chi connectivity index (χ1n) is 11.7. The predicted octanol–water partition coefficient (Wildman–Crippen LogP) is 4.42. The Labute approximate surface area is 204 Å². The maximum absolute atomic E-state index is 13.0. The smallest absolute Gasteiger partial charge is 0.411 e. The van der Waals surface area contributed by atoms with Crippen molar-refractivity contribution in [1.82, 2.24) is 4.90 Å². The molecule has 1 N–H and O–H groups in total. The number of carbonyl (C=O) groups is 2. The number of ether oxygens (including phenoxy) is 1. The Hall–Kier alpha value is -2.64. The first-order valence-corrected chi connectivity index (χ1v) is 13.6. The van der Waals surface area contributed by atoms with Gasteiger partial charge in [-0.2, -0.15) is 0 Å². The van der Waals surface area contributed by atoms with Crippen LogP contribution in [-0.2, 0) is 14.0 Å². The van der Waals surface area contributed by atoms with Crippen LogP contribution in [0.15, 0.2) is 60.7 Å². The summed E-state index contributed by atoms with van der Waals surface area (Å²) in [7, 11) is -2.93. The fourth-order valence-electron chi connectivity index (χ4n) is 4.88. The molecular formula is C27H37NO5Si. The van der Waals surface area contributed by atoms with Crippen molar-refractivity contribution in [1.29, 1.82) is 0 Å². The third-order valence-electron chi connectivity index (χ3n) is 6.24. The summed E-state index contributed by atoms with van der Waals surface area (Å²) < 4.78 is 12.8. The molecule has 6 nitrogen and oxygen atoms in total. The van der Waals surface area contributed by atoms with Crippen LogP contribution in [0.2, 0.25) is 5.04 Å². The van der Waals surface area contributed by atoms with Gasteiger partial charge in [-0.05, 0) is 43.1 Å². The van der Waals surface area contributed by atoms with E-state index < -0.39 is 37.6 Å². The average molecular weight is 484 g/mol. The molecule has 0 aromatic heterocycles. The zero-order valence-corrected chi connectivity index (χ0v) is 22.3. The van der Waals surface area contributed by atoms with Crippen LogP contribution in [-0.4, -0.2) is 54.2 Å². The van der Waals surface area contributed by atoms with Crippen LogP contribution < -0.4 is 10.4 Å². The normalized spacial score (nSPS) is 21.4. The van der Waals surface area contributed by atoms with Gasteiger partial charge in [-0.3, -0.25) is 4.90 Å². The number of carboxylic acid groups (broad SMARTS) is 1. The van der Waals surface area contributed by atoms with Crippen molar-refractivity contribution >= 4 is 30.8 Å². The Bertz CT molecular complexity index is 973. The maximum atomic E-state index is 13.0. The molecule has 184 valence electrons. The van der Waals surface area contributed by atoms with Gasteiger partial charge in [-0.15, -0.1) is 0 Å². The van der Waals surface area contributed by atoms with Crippen molar-refractivity contribution in [3.63, 3.8) is 0 Å². The summed E-state index contributed by atoms with van der Waals surface area (Å²) in [5.41, 5.74) is -1.59. The van der Waals surface area contributed by atoms with E-state index in [1.54, 1.807) is 20.8 Å². The van der Waals surface area contributed by atoms with Gasteiger partial charge in [0.1, 0.15) is 11.6 Å². The molecule has 1 heterocycles. The second-order valence-corrected chi connectivity index (χ2v) is 15.6. The third kappa shape index (κ3) is 5.20. The van der Waals surface area contributed by atoms with Crippen molar-refractivity contribution < 1.29 is 23.9 Å². The molecule has 1 amide bonds.